The topological polar surface area (TPSA) is 45.1 Å². The second kappa shape index (κ2) is 9.13. The number of thiocarbonyl (C=S) groups is 1. The van der Waals surface area contributed by atoms with E-state index in [-0.39, 0.29) is 12.1 Å². The van der Waals surface area contributed by atoms with Crippen LogP contribution in [0.4, 0.5) is 10.5 Å². The lowest BCUT2D eigenvalue weighted by Crippen LogP contribution is -2.54. The van der Waals surface area contributed by atoms with Crippen LogP contribution in [-0.4, -0.2) is 58.8 Å². The maximum atomic E-state index is 12.4. The van der Waals surface area contributed by atoms with Gasteiger partial charge in [0.05, 0.1) is 5.69 Å². The largest absolute Gasteiger partial charge is 0.444 e. The van der Waals surface area contributed by atoms with Crippen LogP contribution >= 0.6 is 23.8 Å². The zero-order chi connectivity index (χ0) is 20.2. The van der Waals surface area contributed by atoms with Crippen molar-refractivity contribution in [2.45, 2.75) is 52.8 Å². The number of hydrogen-bond acceptors (Lipinski definition) is 5. The van der Waals surface area contributed by atoms with Crippen molar-refractivity contribution in [2.24, 2.45) is 4.99 Å². The lowest BCUT2D eigenvalue weighted by molar-refractivity contribution is 0.000542. The molecule has 148 valence electrons. The quantitative estimate of drug-likeness (QED) is 0.529. The van der Waals surface area contributed by atoms with Gasteiger partial charge >= 0.3 is 6.09 Å². The van der Waals surface area contributed by atoms with E-state index in [0.717, 1.165) is 36.4 Å². The van der Waals surface area contributed by atoms with Gasteiger partial charge in [-0.15, -0.1) is 0 Å². The van der Waals surface area contributed by atoms with Crippen molar-refractivity contribution < 1.29 is 9.53 Å². The van der Waals surface area contributed by atoms with Gasteiger partial charge < -0.3 is 9.64 Å². The average molecular weight is 410 g/mol. The van der Waals surface area contributed by atoms with E-state index in [1.54, 1.807) is 6.21 Å². The lowest BCUT2D eigenvalue weighted by atomic mass is 10.1. The van der Waals surface area contributed by atoms with Crippen molar-refractivity contribution in [1.29, 1.82) is 0 Å². The fourth-order valence-electron chi connectivity index (χ4n) is 3.14. The summed E-state index contributed by atoms with van der Waals surface area (Å²) in [5.41, 5.74) is 2.58. The van der Waals surface area contributed by atoms with Gasteiger partial charge in [-0.1, -0.05) is 23.8 Å². The number of nitrogens with zero attached hydrogens (tertiary/aromatic N) is 3. The highest BCUT2D eigenvalue weighted by Gasteiger charge is 2.30. The highest BCUT2D eigenvalue weighted by Crippen LogP contribution is 2.28. The number of aliphatic imine (C=N–C) groups is 1. The number of benzene rings is 1. The first kappa shape index (κ1) is 21.8. The van der Waals surface area contributed by atoms with Crippen LogP contribution in [0.25, 0.3) is 0 Å². The molecule has 1 heterocycles. The van der Waals surface area contributed by atoms with Crippen molar-refractivity contribution in [3.05, 3.63) is 28.3 Å². The third-order valence-electron chi connectivity index (χ3n) is 4.46. The minimum Gasteiger partial charge on any atom is -0.444 e. The van der Waals surface area contributed by atoms with Crippen LogP contribution in [0.3, 0.4) is 0 Å². The molecule has 0 N–H and O–H groups in total. The molecule has 1 saturated heterocycles. The van der Waals surface area contributed by atoms with Crippen molar-refractivity contribution >= 4 is 47.2 Å². The molecule has 1 aromatic rings. The molecule has 1 fully saturated rings. The average Bonchev–Trinajstić information content (AvgIpc) is 2.55. The number of ether oxygens (including phenoxy) is 1. The highest BCUT2D eigenvalue weighted by atomic mass is 35.5. The molecule has 1 aliphatic heterocycles. The second-order valence-electron chi connectivity index (χ2n) is 7.88. The van der Waals surface area contributed by atoms with Crippen molar-refractivity contribution in [3.8, 4) is 0 Å². The van der Waals surface area contributed by atoms with Gasteiger partial charge in [0.1, 0.15) is 5.60 Å². The zero-order valence-electron chi connectivity index (χ0n) is 16.7. The Morgan fingerprint density at radius 3 is 2.70 bits per heavy atom. The molecule has 2 rings (SSSR count). The molecule has 0 unspecified atom stereocenters. The van der Waals surface area contributed by atoms with E-state index in [2.05, 4.69) is 16.8 Å². The molecule has 0 saturated carbocycles. The normalized spacial score (nSPS) is 18.7. The Morgan fingerprint density at radius 2 is 2.11 bits per heavy atom. The van der Waals surface area contributed by atoms with Gasteiger partial charge in [0, 0.05) is 48.8 Å². The molecular weight excluding hydrogens is 382 g/mol. The van der Waals surface area contributed by atoms with Crippen LogP contribution < -0.4 is 0 Å². The Morgan fingerprint density at radius 1 is 1.41 bits per heavy atom. The summed E-state index contributed by atoms with van der Waals surface area (Å²) < 4.78 is 5.51. The lowest BCUT2D eigenvalue weighted by Gasteiger charge is -2.40. The summed E-state index contributed by atoms with van der Waals surface area (Å²) in [5.74, 6) is 0. The number of amides is 1. The zero-order valence-corrected chi connectivity index (χ0v) is 18.2. The summed E-state index contributed by atoms with van der Waals surface area (Å²) in [6, 6.07) is 3.91. The first-order valence-electron chi connectivity index (χ1n) is 9.09. The summed E-state index contributed by atoms with van der Waals surface area (Å²) in [6.45, 7) is 12.7. The molecule has 0 spiro atoms. The van der Waals surface area contributed by atoms with Gasteiger partial charge in [-0.3, -0.25) is 9.89 Å². The Balaban J connectivity index is 2.06. The third kappa shape index (κ3) is 6.26. The molecule has 1 amide bonds. The maximum Gasteiger partial charge on any atom is 0.410 e. The molecule has 1 aromatic carbocycles. The van der Waals surface area contributed by atoms with Gasteiger partial charge in [0.25, 0.3) is 0 Å². The number of carbonyl (C=O) groups excluding carboxylic acids is 1. The van der Waals surface area contributed by atoms with Crippen LogP contribution in [0.2, 0.25) is 5.02 Å². The molecule has 1 aliphatic rings. The van der Waals surface area contributed by atoms with E-state index in [1.807, 2.05) is 44.7 Å². The van der Waals surface area contributed by atoms with Gasteiger partial charge in [-0.2, -0.15) is 0 Å². The Kier molecular flexibility index (Phi) is 7.37. The number of piperazine rings is 1. The predicted molar refractivity (Wildman–Crippen MR) is 116 cm³/mol. The Labute approximate surface area is 172 Å². The molecular formula is C20H28ClN3O2S. The van der Waals surface area contributed by atoms with Crippen molar-refractivity contribution in [3.63, 3.8) is 0 Å². The van der Waals surface area contributed by atoms with Crippen LogP contribution in [0.1, 0.15) is 38.8 Å². The van der Waals surface area contributed by atoms with Crippen LogP contribution in [-0.2, 0) is 11.3 Å². The maximum absolute atomic E-state index is 12.4. The standard InChI is InChI=1S/C20H28ClN3O2S/c1-14-12-23(7-8-24(14)19(25)26-20(3,4)5)13-16-10-17(21)11-18(15(16)2)22-6-9-27/h6,9-11,14H,7-8,12-13H2,1-5H3/t14-/m0/s1. The number of carbonyl (C=O) groups is 1. The van der Waals surface area contributed by atoms with E-state index >= 15 is 0 Å². The summed E-state index contributed by atoms with van der Waals surface area (Å²) in [4.78, 5) is 20.9. The molecule has 1 atom stereocenters. The van der Waals surface area contributed by atoms with Crippen LogP contribution in [0.5, 0.6) is 0 Å². The minimum absolute atomic E-state index is 0.0837. The molecule has 5 nitrogen and oxygen atoms in total. The highest BCUT2D eigenvalue weighted by molar-refractivity contribution is 7.80. The Hall–Kier alpha value is -1.50. The van der Waals surface area contributed by atoms with E-state index in [0.29, 0.717) is 11.6 Å². The van der Waals surface area contributed by atoms with Gasteiger partial charge in [0.2, 0.25) is 0 Å². The SMILES string of the molecule is Cc1c(CN2CCN(C(=O)OC(C)(C)C)[C@@H](C)C2)cc(Cl)cc1N=CC=S. The van der Waals surface area contributed by atoms with E-state index in [9.17, 15) is 4.79 Å². The second-order valence-corrected chi connectivity index (χ2v) is 8.59. The molecule has 0 aliphatic carbocycles. The van der Waals surface area contributed by atoms with E-state index < -0.39 is 5.60 Å². The minimum atomic E-state index is -0.481. The molecule has 0 aromatic heterocycles. The molecule has 0 bridgehead atoms. The van der Waals surface area contributed by atoms with E-state index in [4.69, 9.17) is 28.6 Å². The third-order valence-corrected chi connectivity index (χ3v) is 4.80. The van der Waals surface area contributed by atoms with Crippen LogP contribution in [0, 0.1) is 6.92 Å². The summed E-state index contributed by atoms with van der Waals surface area (Å²) in [7, 11) is 0. The Bertz CT molecular complexity index is 731. The number of hydrogen-bond donors (Lipinski definition) is 0. The molecule has 27 heavy (non-hydrogen) atoms. The first-order valence-corrected chi connectivity index (χ1v) is 9.94. The smallest absolute Gasteiger partial charge is 0.410 e. The number of rotatable bonds is 4. The van der Waals surface area contributed by atoms with Crippen molar-refractivity contribution in [2.75, 3.05) is 19.6 Å². The summed E-state index contributed by atoms with van der Waals surface area (Å²) in [6.07, 6.45) is 1.35. The van der Waals surface area contributed by atoms with Gasteiger partial charge in [-0.25, -0.2) is 4.79 Å². The number of halogens is 1. The van der Waals surface area contributed by atoms with Crippen molar-refractivity contribution in [1.82, 2.24) is 9.80 Å². The van der Waals surface area contributed by atoms with Gasteiger partial charge in [-0.05, 0) is 57.9 Å². The van der Waals surface area contributed by atoms with Gasteiger partial charge in [0.15, 0.2) is 0 Å². The fourth-order valence-corrected chi connectivity index (χ4v) is 3.43. The monoisotopic (exact) mass is 409 g/mol. The van der Waals surface area contributed by atoms with Crippen LogP contribution in [0.15, 0.2) is 17.1 Å². The molecule has 7 heteroatoms. The molecule has 0 radical (unpaired) electrons. The fraction of sp³-hybridized carbons (Fsp3) is 0.550. The van der Waals surface area contributed by atoms with E-state index in [1.165, 1.54) is 5.37 Å². The summed E-state index contributed by atoms with van der Waals surface area (Å²) >= 11 is 11.1. The summed E-state index contributed by atoms with van der Waals surface area (Å²) in [5, 5.41) is 2.14. The predicted octanol–water partition coefficient (Wildman–Crippen LogP) is 4.79. The first-order chi connectivity index (χ1) is 12.6.